The van der Waals surface area contributed by atoms with E-state index in [-0.39, 0.29) is 5.97 Å². The lowest BCUT2D eigenvalue weighted by Crippen LogP contribution is -2.08. The van der Waals surface area contributed by atoms with Crippen LogP contribution in [0, 0.1) is 5.92 Å². The second kappa shape index (κ2) is 13.9. The molecule has 0 radical (unpaired) electrons. The normalized spacial score (nSPS) is 11.9. The Labute approximate surface area is 169 Å². The fourth-order valence-corrected chi connectivity index (χ4v) is 3.40. The first kappa shape index (κ1) is 22.1. The molecule has 28 heavy (non-hydrogen) atoms. The van der Waals surface area contributed by atoms with Gasteiger partial charge in [-0.25, -0.2) is 0 Å². The van der Waals surface area contributed by atoms with Crippen molar-refractivity contribution in [2.75, 3.05) is 13.7 Å². The molecule has 0 N–H and O–H groups in total. The molecule has 0 bridgehead atoms. The highest BCUT2D eigenvalue weighted by Gasteiger charge is 2.12. The van der Waals surface area contributed by atoms with Crippen molar-refractivity contribution in [3.63, 3.8) is 0 Å². The number of nitrogens with zero attached hydrogens (tertiary/aromatic N) is 1. The summed E-state index contributed by atoms with van der Waals surface area (Å²) in [6.45, 7) is 1.46. The van der Waals surface area contributed by atoms with Gasteiger partial charge in [0.2, 0.25) is 0 Å². The zero-order chi connectivity index (χ0) is 19.9. The lowest BCUT2D eigenvalue weighted by molar-refractivity contribution is -0.141. The van der Waals surface area contributed by atoms with Gasteiger partial charge in [0.15, 0.2) is 0 Å². The van der Waals surface area contributed by atoms with Crippen molar-refractivity contribution in [2.45, 2.75) is 58.0 Å². The van der Waals surface area contributed by atoms with Gasteiger partial charge in [0.05, 0.1) is 13.7 Å². The minimum atomic E-state index is -0.108. The van der Waals surface area contributed by atoms with E-state index in [0.29, 0.717) is 18.9 Å². The van der Waals surface area contributed by atoms with Crippen molar-refractivity contribution < 1.29 is 14.3 Å². The number of unbranched alkanes of at least 4 members (excludes halogenated alkanes) is 1. The van der Waals surface area contributed by atoms with Crippen LogP contribution in [0.1, 0.15) is 56.1 Å². The van der Waals surface area contributed by atoms with Gasteiger partial charge in [-0.3, -0.25) is 9.78 Å². The van der Waals surface area contributed by atoms with Gasteiger partial charge in [0.25, 0.3) is 0 Å². The molecule has 1 heterocycles. The van der Waals surface area contributed by atoms with Crippen molar-refractivity contribution >= 4 is 5.97 Å². The van der Waals surface area contributed by atoms with Crippen LogP contribution in [0.2, 0.25) is 0 Å². The van der Waals surface area contributed by atoms with E-state index < -0.39 is 0 Å². The fourth-order valence-electron chi connectivity index (χ4n) is 3.40. The molecule has 0 saturated carbocycles. The number of benzene rings is 1. The molecule has 0 spiro atoms. The number of pyridine rings is 1. The van der Waals surface area contributed by atoms with Crippen LogP contribution in [-0.4, -0.2) is 24.7 Å². The van der Waals surface area contributed by atoms with Crippen molar-refractivity contribution in [3.8, 4) is 0 Å². The van der Waals surface area contributed by atoms with Gasteiger partial charge < -0.3 is 9.47 Å². The van der Waals surface area contributed by atoms with E-state index in [9.17, 15) is 4.79 Å². The van der Waals surface area contributed by atoms with E-state index >= 15 is 0 Å². The number of methoxy groups -OCH3 is 1. The second-order valence-electron chi connectivity index (χ2n) is 7.27. The average Bonchev–Trinajstić information content (AvgIpc) is 2.75. The van der Waals surface area contributed by atoms with Crippen LogP contribution in [-0.2, 0) is 27.3 Å². The fraction of sp³-hybridized carbons (Fsp3) is 0.500. The summed E-state index contributed by atoms with van der Waals surface area (Å²) in [5.74, 6) is 0.452. The zero-order valence-corrected chi connectivity index (χ0v) is 17.0. The molecule has 1 atom stereocenters. The number of esters is 1. The van der Waals surface area contributed by atoms with E-state index in [2.05, 4.69) is 23.2 Å². The lowest BCUT2D eigenvalue weighted by Gasteiger charge is -2.16. The smallest absolute Gasteiger partial charge is 0.305 e. The Bertz CT molecular complexity index is 645. The Hall–Kier alpha value is -2.20. The first-order valence-corrected chi connectivity index (χ1v) is 10.4. The maximum absolute atomic E-state index is 11.5. The molecule has 4 nitrogen and oxygen atoms in total. The molecule has 0 fully saturated rings. The maximum atomic E-state index is 11.5. The van der Waals surface area contributed by atoms with Crippen LogP contribution >= 0.6 is 0 Å². The number of ether oxygens (including phenoxy) is 2. The Morgan fingerprint density at radius 3 is 2.50 bits per heavy atom. The van der Waals surface area contributed by atoms with Crippen LogP contribution in [0.5, 0.6) is 0 Å². The van der Waals surface area contributed by atoms with Gasteiger partial charge >= 0.3 is 5.97 Å². The third kappa shape index (κ3) is 9.65. The third-order valence-electron chi connectivity index (χ3n) is 5.05. The Kier molecular flexibility index (Phi) is 11.0. The predicted molar refractivity (Wildman–Crippen MR) is 112 cm³/mol. The molecule has 2 aromatic rings. The van der Waals surface area contributed by atoms with Gasteiger partial charge in [-0.05, 0) is 48.8 Å². The Morgan fingerprint density at radius 1 is 0.964 bits per heavy atom. The molecule has 0 aliphatic heterocycles. The van der Waals surface area contributed by atoms with E-state index in [1.807, 2.05) is 36.7 Å². The number of hydrogen-bond donors (Lipinski definition) is 0. The topological polar surface area (TPSA) is 48.4 Å². The van der Waals surface area contributed by atoms with Crippen molar-refractivity contribution in [3.05, 3.63) is 66.0 Å². The largest absolute Gasteiger partial charge is 0.469 e. The Balaban J connectivity index is 1.63. The van der Waals surface area contributed by atoms with E-state index in [4.69, 9.17) is 9.47 Å². The third-order valence-corrected chi connectivity index (χ3v) is 5.05. The van der Waals surface area contributed by atoms with Crippen molar-refractivity contribution in [1.82, 2.24) is 4.98 Å². The van der Waals surface area contributed by atoms with E-state index in [0.717, 1.165) is 51.6 Å². The monoisotopic (exact) mass is 383 g/mol. The molecule has 0 aliphatic rings. The lowest BCUT2D eigenvalue weighted by atomic mass is 9.91. The molecular weight excluding hydrogens is 350 g/mol. The number of rotatable bonds is 14. The molecule has 4 heteroatoms. The molecule has 0 saturated heterocycles. The number of hydrogen-bond acceptors (Lipinski definition) is 4. The summed E-state index contributed by atoms with van der Waals surface area (Å²) in [7, 11) is 1.46. The molecule has 0 aliphatic carbocycles. The highest BCUT2D eigenvalue weighted by atomic mass is 16.5. The Morgan fingerprint density at radius 2 is 1.75 bits per heavy atom. The summed E-state index contributed by atoms with van der Waals surface area (Å²) in [6, 6.07) is 14.4. The SMILES string of the molecule is COC(=O)CC[C@H](CCCCOCc1ccccc1)CCCc1cccnc1. The summed E-state index contributed by atoms with van der Waals surface area (Å²) < 4.78 is 10.6. The van der Waals surface area contributed by atoms with Crippen molar-refractivity contribution in [2.24, 2.45) is 5.92 Å². The minimum absolute atomic E-state index is 0.108. The first-order chi connectivity index (χ1) is 13.8. The predicted octanol–water partition coefficient (Wildman–Crippen LogP) is 5.36. The van der Waals surface area contributed by atoms with Crippen LogP contribution in [0.25, 0.3) is 0 Å². The van der Waals surface area contributed by atoms with Crippen LogP contribution in [0.3, 0.4) is 0 Å². The molecule has 2 rings (SSSR count). The van der Waals surface area contributed by atoms with Gasteiger partial charge in [-0.15, -0.1) is 0 Å². The number of aromatic nitrogens is 1. The quantitative estimate of drug-likeness (QED) is 0.325. The van der Waals surface area contributed by atoms with E-state index in [1.54, 1.807) is 0 Å². The van der Waals surface area contributed by atoms with Crippen LogP contribution in [0.4, 0.5) is 0 Å². The standard InChI is InChI=1S/C24H33NO3/c1-27-24(26)16-15-21(12-7-13-22-14-8-17-25-19-22)9-5-6-18-28-20-23-10-3-2-4-11-23/h2-4,8,10-11,14,17,19,21H,5-7,9,12-13,15-16,18,20H2,1H3/t21-/m1/s1. The average molecular weight is 384 g/mol. The summed E-state index contributed by atoms with van der Waals surface area (Å²) in [5, 5.41) is 0. The van der Waals surface area contributed by atoms with Gasteiger partial charge in [0.1, 0.15) is 0 Å². The summed E-state index contributed by atoms with van der Waals surface area (Å²) in [4.78, 5) is 15.7. The number of aryl methyl sites for hydroxylation is 1. The van der Waals surface area contributed by atoms with E-state index in [1.165, 1.54) is 18.2 Å². The van der Waals surface area contributed by atoms with Gasteiger partial charge in [-0.1, -0.05) is 55.7 Å². The van der Waals surface area contributed by atoms with Crippen LogP contribution < -0.4 is 0 Å². The van der Waals surface area contributed by atoms with Gasteiger partial charge in [-0.2, -0.15) is 0 Å². The van der Waals surface area contributed by atoms with Crippen LogP contribution in [0.15, 0.2) is 54.9 Å². The highest BCUT2D eigenvalue weighted by Crippen LogP contribution is 2.22. The minimum Gasteiger partial charge on any atom is -0.469 e. The summed E-state index contributed by atoms with van der Waals surface area (Å²) in [5.41, 5.74) is 2.50. The number of carbonyl (C=O) groups excluding carboxylic acids is 1. The van der Waals surface area contributed by atoms with Gasteiger partial charge in [0, 0.05) is 25.4 Å². The number of carbonyl (C=O) groups is 1. The molecule has 0 amide bonds. The molecule has 1 aromatic heterocycles. The molecule has 0 unspecified atom stereocenters. The van der Waals surface area contributed by atoms with Crippen molar-refractivity contribution in [1.29, 1.82) is 0 Å². The summed E-state index contributed by atoms with van der Waals surface area (Å²) >= 11 is 0. The molecule has 1 aromatic carbocycles. The maximum Gasteiger partial charge on any atom is 0.305 e. The highest BCUT2D eigenvalue weighted by molar-refractivity contribution is 5.69. The second-order valence-corrected chi connectivity index (χ2v) is 7.27. The first-order valence-electron chi connectivity index (χ1n) is 10.4. The summed E-state index contributed by atoms with van der Waals surface area (Å²) in [6.07, 6.45) is 11.8. The molecule has 152 valence electrons. The zero-order valence-electron chi connectivity index (χ0n) is 17.0. The molecular formula is C24H33NO3.